The van der Waals surface area contributed by atoms with E-state index in [-0.39, 0.29) is 0 Å². The van der Waals surface area contributed by atoms with Gasteiger partial charge in [-0.05, 0) is 50.5 Å². The Kier molecular flexibility index (Phi) is 6.78. The lowest BCUT2D eigenvalue weighted by atomic mass is 10.1. The lowest BCUT2D eigenvalue weighted by molar-refractivity contribution is 0.146. The first-order valence-corrected chi connectivity index (χ1v) is 7.88. The fourth-order valence-corrected chi connectivity index (χ4v) is 2.89. The Morgan fingerprint density at radius 2 is 2.06 bits per heavy atom. The van der Waals surface area contributed by atoms with Crippen molar-refractivity contribution in [1.29, 1.82) is 0 Å². The summed E-state index contributed by atoms with van der Waals surface area (Å²) in [5, 5.41) is 0. The molecule has 1 fully saturated rings. The van der Waals surface area contributed by atoms with Crippen molar-refractivity contribution in [3.05, 3.63) is 0 Å². The van der Waals surface area contributed by atoms with E-state index in [1.807, 2.05) is 11.8 Å². The monoisotopic (exact) mass is 244 g/mol. The Labute approximate surface area is 105 Å². The van der Waals surface area contributed by atoms with Crippen LogP contribution in [0.3, 0.4) is 0 Å². The number of nitrogens with zero attached hydrogens (tertiary/aromatic N) is 1. The zero-order valence-corrected chi connectivity index (χ0v) is 11.9. The van der Waals surface area contributed by atoms with Crippen LogP contribution in [0.1, 0.15) is 40.0 Å². The van der Waals surface area contributed by atoms with Gasteiger partial charge < -0.3 is 5.73 Å². The number of rotatable bonds is 9. The third-order valence-corrected chi connectivity index (χ3v) is 4.30. The van der Waals surface area contributed by atoms with Crippen LogP contribution >= 0.6 is 11.8 Å². The van der Waals surface area contributed by atoms with E-state index >= 15 is 0 Å². The van der Waals surface area contributed by atoms with Crippen molar-refractivity contribution in [2.45, 2.75) is 52.1 Å². The van der Waals surface area contributed by atoms with E-state index in [0.717, 1.165) is 12.5 Å². The van der Waals surface area contributed by atoms with Crippen LogP contribution in [-0.2, 0) is 0 Å². The summed E-state index contributed by atoms with van der Waals surface area (Å²) in [4.78, 5) is 2.63. The van der Waals surface area contributed by atoms with Gasteiger partial charge >= 0.3 is 0 Å². The first-order chi connectivity index (χ1) is 7.69. The number of nitrogens with two attached hydrogens (primary N) is 1. The van der Waals surface area contributed by atoms with E-state index in [0.29, 0.717) is 12.1 Å². The maximum atomic E-state index is 5.94. The van der Waals surface area contributed by atoms with E-state index in [9.17, 15) is 0 Å². The van der Waals surface area contributed by atoms with E-state index in [1.54, 1.807) is 0 Å². The molecule has 2 N–H and O–H groups in total. The van der Waals surface area contributed by atoms with Gasteiger partial charge in [0.15, 0.2) is 0 Å². The normalized spacial score (nSPS) is 18.4. The molecule has 96 valence electrons. The van der Waals surface area contributed by atoms with Gasteiger partial charge in [-0.15, -0.1) is 0 Å². The molecule has 0 bridgehead atoms. The average molecular weight is 244 g/mol. The van der Waals surface area contributed by atoms with Crippen LogP contribution in [0, 0.1) is 5.92 Å². The minimum absolute atomic E-state index is 0.597. The predicted octanol–water partition coefficient (Wildman–Crippen LogP) is 2.58. The van der Waals surface area contributed by atoms with Crippen LogP contribution < -0.4 is 5.73 Å². The Morgan fingerprint density at radius 3 is 2.50 bits per heavy atom. The molecule has 2 nitrogen and oxygen atoms in total. The fraction of sp³-hybridized carbons (Fsp3) is 1.00. The lowest BCUT2D eigenvalue weighted by Crippen LogP contribution is -2.46. The summed E-state index contributed by atoms with van der Waals surface area (Å²) < 4.78 is 0. The molecule has 0 aromatic heterocycles. The van der Waals surface area contributed by atoms with Crippen LogP contribution in [0.15, 0.2) is 0 Å². The van der Waals surface area contributed by atoms with Crippen molar-refractivity contribution in [3.8, 4) is 0 Å². The standard InChI is InChI=1S/C13H28N2S/c1-4-16-8-7-13(9-14)15(11(2)3)10-12-5-6-12/h11-13H,4-10,14H2,1-3H3. The van der Waals surface area contributed by atoms with Crippen molar-refractivity contribution >= 4 is 11.8 Å². The summed E-state index contributed by atoms with van der Waals surface area (Å²) >= 11 is 2.03. The third-order valence-electron chi connectivity index (χ3n) is 3.37. The van der Waals surface area contributed by atoms with Gasteiger partial charge in [0, 0.05) is 25.2 Å². The van der Waals surface area contributed by atoms with Crippen molar-refractivity contribution in [3.63, 3.8) is 0 Å². The molecule has 1 atom stereocenters. The Bertz CT molecular complexity index is 181. The number of hydrogen-bond acceptors (Lipinski definition) is 3. The summed E-state index contributed by atoms with van der Waals surface area (Å²) in [7, 11) is 0. The molecule has 16 heavy (non-hydrogen) atoms. The van der Waals surface area contributed by atoms with Crippen LogP contribution in [0.4, 0.5) is 0 Å². The number of thioether (sulfide) groups is 1. The van der Waals surface area contributed by atoms with Crippen LogP contribution in [0.25, 0.3) is 0 Å². The van der Waals surface area contributed by atoms with Gasteiger partial charge in [0.05, 0.1) is 0 Å². The molecule has 0 aromatic carbocycles. The molecule has 1 rings (SSSR count). The van der Waals surface area contributed by atoms with Crippen LogP contribution in [0.5, 0.6) is 0 Å². The Morgan fingerprint density at radius 1 is 1.38 bits per heavy atom. The third kappa shape index (κ3) is 5.07. The van der Waals surface area contributed by atoms with E-state index in [4.69, 9.17) is 5.73 Å². The zero-order valence-electron chi connectivity index (χ0n) is 11.1. The second kappa shape index (κ2) is 7.57. The van der Waals surface area contributed by atoms with Gasteiger partial charge in [0.1, 0.15) is 0 Å². The van der Waals surface area contributed by atoms with Crippen LogP contribution in [0.2, 0.25) is 0 Å². The largest absolute Gasteiger partial charge is 0.329 e. The van der Waals surface area contributed by atoms with Gasteiger partial charge in [-0.2, -0.15) is 11.8 Å². The minimum Gasteiger partial charge on any atom is -0.329 e. The zero-order chi connectivity index (χ0) is 12.0. The van der Waals surface area contributed by atoms with E-state index < -0.39 is 0 Å². The summed E-state index contributed by atoms with van der Waals surface area (Å²) in [5.74, 6) is 3.45. The summed E-state index contributed by atoms with van der Waals surface area (Å²) in [6.45, 7) is 8.92. The molecule has 0 radical (unpaired) electrons. The van der Waals surface area contributed by atoms with Gasteiger partial charge in [-0.1, -0.05) is 6.92 Å². The predicted molar refractivity (Wildman–Crippen MR) is 75.0 cm³/mol. The topological polar surface area (TPSA) is 29.3 Å². The van der Waals surface area contributed by atoms with Gasteiger partial charge in [-0.25, -0.2) is 0 Å². The molecule has 0 aliphatic heterocycles. The minimum atomic E-state index is 0.597. The van der Waals surface area contributed by atoms with Crippen LogP contribution in [-0.4, -0.2) is 41.6 Å². The molecule has 1 unspecified atom stereocenters. The molecule has 1 aliphatic carbocycles. The highest BCUT2D eigenvalue weighted by atomic mass is 32.2. The second-order valence-corrected chi connectivity index (χ2v) is 6.50. The maximum absolute atomic E-state index is 5.94. The molecule has 0 amide bonds. The molecule has 3 heteroatoms. The summed E-state index contributed by atoms with van der Waals surface area (Å²) in [5.41, 5.74) is 5.94. The van der Waals surface area contributed by atoms with Crippen molar-refractivity contribution in [1.82, 2.24) is 4.90 Å². The van der Waals surface area contributed by atoms with E-state index in [2.05, 4.69) is 25.7 Å². The molecule has 0 heterocycles. The van der Waals surface area contributed by atoms with Gasteiger partial charge in [0.25, 0.3) is 0 Å². The highest BCUT2D eigenvalue weighted by Crippen LogP contribution is 2.31. The summed E-state index contributed by atoms with van der Waals surface area (Å²) in [6, 6.07) is 1.24. The summed E-state index contributed by atoms with van der Waals surface area (Å²) in [6.07, 6.45) is 4.12. The van der Waals surface area contributed by atoms with Gasteiger partial charge in [-0.3, -0.25) is 4.90 Å². The van der Waals surface area contributed by atoms with Crippen molar-refractivity contribution in [2.75, 3.05) is 24.6 Å². The Balaban J connectivity index is 2.36. The number of hydrogen-bond donors (Lipinski definition) is 1. The van der Waals surface area contributed by atoms with Gasteiger partial charge in [0.2, 0.25) is 0 Å². The SMILES string of the molecule is CCSCCC(CN)N(CC1CC1)C(C)C. The molecular formula is C13H28N2S. The molecule has 1 saturated carbocycles. The first kappa shape index (κ1) is 14.3. The quantitative estimate of drug-likeness (QED) is 0.632. The molecule has 1 aliphatic rings. The van der Waals surface area contributed by atoms with Crippen molar-refractivity contribution in [2.24, 2.45) is 11.7 Å². The maximum Gasteiger partial charge on any atom is 0.0229 e. The second-order valence-electron chi connectivity index (χ2n) is 5.11. The lowest BCUT2D eigenvalue weighted by Gasteiger charge is -2.34. The molecule has 0 saturated heterocycles. The van der Waals surface area contributed by atoms with E-state index in [1.165, 1.54) is 37.3 Å². The molecule has 0 aromatic rings. The van der Waals surface area contributed by atoms with Crippen molar-refractivity contribution < 1.29 is 0 Å². The molecule has 0 spiro atoms. The average Bonchev–Trinajstić information content (AvgIpc) is 3.05. The highest BCUT2D eigenvalue weighted by Gasteiger charge is 2.28. The first-order valence-electron chi connectivity index (χ1n) is 6.72. The smallest absolute Gasteiger partial charge is 0.0229 e. The molecular weight excluding hydrogens is 216 g/mol. The fourth-order valence-electron chi connectivity index (χ4n) is 2.16. The highest BCUT2D eigenvalue weighted by molar-refractivity contribution is 7.99. The Hall–Kier alpha value is 0.270.